The van der Waals surface area contributed by atoms with Crippen LogP contribution in [-0.4, -0.2) is 12.3 Å². The molecular formula is C19H23N3. The fraction of sp³-hybridized carbons (Fsp3) is 0.316. The van der Waals surface area contributed by atoms with Gasteiger partial charge in [0, 0.05) is 25.2 Å². The van der Waals surface area contributed by atoms with Gasteiger partial charge >= 0.3 is 0 Å². The molecule has 0 atom stereocenters. The lowest BCUT2D eigenvalue weighted by molar-refractivity contribution is 0.916. The monoisotopic (exact) mass is 293 g/mol. The number of nitrogens with two attached hydrogens (primary N) is 1. The summed E-state index contributed by atoms with van der Waals surface area (Å²) in [5, 5.41) is 6.75. The van der Waals surface area contributed by atoms with Crippen LogP contribution in [0.25, 0.3) is 11.1 Å². The van der Waals surface area contributed by atoms with Crippen molar-refractivity contribution in [3.8, 4) is 11.1 Å². The second-order valence-corrected chi connectivity index (χ2v) is 6.06. The van der Waals surface area contributed by atoms with Crippen molar-refractivity contribution in [1.29, 1.82) is 0 Å². The summed E-state index contributed by atoms with van der Waals surface area (Å²) in [6.45, 7) is 7.88. The molecule has 3 heteroatoms. The molecule has 3 nitrogen and oxygen atoms in total. The molecule has 0 saturated carbocycles. The fourth-order valence-electron chi connectivity index (χ4n) is 2.89. The molecule has 1 aliphatic rings. The predicted molar refractivity (Wildman–Crippen MR) is 94.3 cm³/mol. The minimum absolute atomic E-state index is 0.577. The molecule has 2 aromatic rings. The molecule has 114 valence electrons. The maximum absolute atomic E-state index is 5.84. The van der Waals surface area contributed by atoms with E-state index in [2.05, 4.69) is 67.3 Å². The first-order chi connectivity index (χ1) is 10.6. The third-order valence-corrected chi connectivity index (χ3v) is 4.37. The summed E-state index contributed by atoms with van der Waals surface area (Å²) in [5.74, 6) is 0. The van der Waals surface area contributed by atoms with E-state index in [1.807, 2.05) is 0 Å². The van der Waals surface area contributed by atoms with Gasteiger partial charge < -0.3 is 5.73 Å². The Morgan fingerprint density at radius 1 is 1.00 bits per heavy atom. The highest BCUT2D eigenvalue weighted by Crippen LogP contribution is 2.30. The summed E-state index contributed by atoms with van der Waals surface area (Å²) in [4.78, 5) is 0. The molecule has 0 fully saturated rings. The fourth-order valence-corrected chi connectivity index (χ4v) is 2.89. The molecule has 0 amide bonds. The number of nitrogens with zero attached hydrogens (tertiary/aromatic N) is 2. The number of hydrogen-bond donors (Lipinski definition) is 1. The van der Waals surface area contributed by atoms with Crippen LogP contribution in [0, 0.1) is 13.8 Å². The van der Waals surface area contributed by atoms with Crippen LogP contribution in [0.3, 0.4) is 0 Å². The molecule has 0 unspecified atom stereocenters. The van der Waals surface area contributed by atoms with Crippen LogP contribution >= 0.6 is 0 Å². The minimum Gasteiger partial charge on any atom is -0.326 e. The number of aryl methyl sites for hydroxylation is 2. The summed E-state index contributed by atoms with van der Waals surface area (Å²) in [6, 6.07) is 13.1. The van der Waals surface area contributed by atoms with E-state index in [1.165, 1.54) is 39.2 Å². The van der Waals surface area contributed by atoms with Gasteiger partial charge in [0.25, 0.3) is 0 Å². The Balaban J connectivity index is 2.02. The lowest BCUT2D eigenvalue weighted by Gasteiger charge is -2.18. The van der Waals surface area contributed by atoms with Gasteiger partial charge in [-0.05, 0) is 60.7 Å². The van der Waals surface area contributed by atoms with Crippen molar-refractivity contribution in [1.82, 2.24) is 0 Å². The Bertz CT molecular complexity index is 731. The second-order valence-electron chi connectivity index (χ2n) is 6.06. The molecule has 0 aromatic heterocycles. The largest absolute Gasteiger partial charge is 0.326 e. The average molecular weight is 293 g/mol. The van der Waals surface area contributed by atoms with E-state index in [4.69, 9.17) is 5.73 Å². The van der Waals surface area contributed by atoms with Gasteiger partial charge in [-0.25, -0.2) is 0 Å². The molecule has 0 bridgehead atoms. The Hall–Kier alpha value is -2.13. The maximum Gasteiger partial charge on any atom is 0.0629 e. The smallest absolute Gasteiger partial charge is 0.0629 e. The molecule has 1 heterocycles. The van der Waals surface area contributed by atoms with Crippen LogP contribution in [0.4, 0.5) is 5.69 Å². The average Bonchev–Trinajstić information content (AvgIpc) is 2.95. The third-order valence-electron chi connectivity index (χ3n) is 4.37. The van der Waals surface area contributed by atoms with Crippen molar-refractivity contribution in [2.24, 2.45) is 10.8 Å². The van der Waals surface area contributed by atoms with E-state index in [0.29, 0.717) is 6.54 Å². The van der Waals surface area contributed by atoms with Gasteiger partial charge in [-0.3, -0.25) is 5.01 Å². The van der Waals surface area contributed by atoms with Crippen molar-refractivity contribution in [2.75, 3.05) is 11.6 Å². The SMILES string of the molecule is CC1=NN(c2cc(-c3ccc(C)c(CN)c3)ccc2C)CC1. The Kier molecular flexibility index (Phi) is 3.99. The van der Waals surface area contributed by atoms with Crippen LogP contribution in [0.2, 0.25) is 0 Å². The molecule has 2 N–H and O–H groups in total. The van der Waals surface area contributed by atoms with Crippen LogP contribution < -0.4 is 10.7 Å². The highest BCUT2D eigenvalue weighted by atomic mass is 15.5. The Morgan fingerprint density at radius 3 is 2.32 bits per heavy atom. The summed E-state index contributed by atoms with van der Waals surface area (Å²) in [6.07, 6.45) is 1.05. The molecule has 0 radical (unpaired) electrons. The van der Waals surface area contributed by atoms with Crippen molar-refractivity contribution in [2.45, 2.75) is 33.7 Å². The number of rotatable bonds is 3. The lowest BCUT2D eigenvalue weighted by atomic mass is 9.98. The van der Waals surface area contributed by atoms with Crippen LogP contribution in [-0.2, 0) is 6.54 Å². The highest BCUT2D eigenvalue weighted by Gasteiger charge is 2.15. The molecular weight excluding hydrogens is 270 g/mol. The molecule has 0 saturated heterocycles. The van der Waals surface area contributed by atoms with E-state index in [-0.39, 0.29) is 0 Å². The predicted octanol–water partition coefficient (Wildman–Crippen LogP) is 4.02. The van der Waals surface area contributed by atoms with E-state index >= 15 is 0 Å². The first-order valence-corrected chi connectivity index (χ1v) is 7.80. The second kappa shape index (κ2) is 5.93. The quantitative estimate of drug-likeness (QED) is 0.928. The standard InChI is InChI=1S/C19H23N3/c1-13-4-6-16(10-18(13)12-20)17-7-5-14(2)19(11-17)22-9-8-15(3)21-22/h4-7,10-11H,8-9,12,20H2,1-3H3. The van der Waals surface area contributed by atoms with Gasteiger partial charge in [-0.2, -0.15) is 5.10 Å². The van der Waals surface area contributed by atoms with E-state index in [9.17, 15) is 0 Å². The van der Waals surface area contributed by atoms with Gasteiger partial charge in [0.15, 0.2) is 0 Å². The maximum atomic E-state index is 5.84. The normalized spacial score (nSPS) is 14.4. The van der Waals surface area contributed by atoms with E-state index in [1.54, 1.807) is 0 Å². The summed E-state index contributed by atoms with van der Waals surface area (Å²) in [7, 11) is 0. The zero-order valence-corrected chi connectivity index (χ0v) is 13.6. The molecule has 2 aromatic carbocycles. The highest BCUT2D eigenvalue weighted by molar-refractivity contribution is 5.86. The summed E-state index contributed by atoms with van der Waals surface area (Å²) >= 11 is 0. The minimum atomic E-state index is 0.577. The van der Waals surface area contributed by atoms with Crippen molar-refractivity contribution in [3.05, 3.63) is 53.1 Å². The first-order valence-electron chi connectivity index (χ1n) is 7.80. The third kappa shape index (κ3) is 2.77. The Morgan fingerprint density at radius 2 is 1.68 bits per heavy atom. The zero-order valence-electron chi connectivity index (χ0n) is 13.6. The first kappa shape index (κ1) is 14.8. The van der Waals surface area contributed by atoms with Crippen molar-refractivity contribution >= 4 is 11.4 Å². The molecule has 1 aliphatic heterocycles. The van der Waals surface area contributed by atoms with Gasteiger partial charge in [0.2, 0.25) is 0 Å². The molecule has 0 aliphatic carbocycles. The van der Waals surface area contributed by atoms with Crippen LogP contribution in [0.15, 0.2) is 41.5 Å². The van der Waals surface area contributed by atoms with E-state index in [0.717, 1.165) is 13.0 Å². The summed E-state index contributed by atoms with van der Waals surface area (Å²) in [5.41, 5.74) is 14.4. The van der Waals surface area contributed by atoms with Gasteiger partial charge in [0.05, 0.1) is 5.69 Å². The van der Waals surface area contributed by atoms with Gasteiger partial charge in [-0.15, -0.1) is 0 Å². The van der Waals surface area contributed by atoms with Crippen molar-refractivity contribution < 1.29 is 0 Å². The van der Waals surface area contributed by atoms with Crippen LogP contribution in [0.5, 0.6) is 0 Å². The number of hydrogen-bond acceptors (Lipinski definition) is 3. The molecule has 0 spiro atoms. The number of anilines is 1. The lowest BCUT2D eigenvalue weighted by Crippen LogP contribution is -2.13. The van der Waals surface area contributed by atoms with Crippen LogP contribution in [0.1, 0.15) is 30.0 Å². The number of hydrazone groups is 1. The van der Waals surface area contributed by atoms with E-state index < -0.39 is 0 Å². The van der Waals surface area contributed by atoms with Gasteiger partial charge in [-0.1, -0.05) is 24.3 Å². The summed E-state index contributed by atoms with van der Waals surface area (Å²) < 4.78 is 0. The zero-order chi connectivity index (χ0) is 15.7. The number of benzene rings is 2. The Labute approximate surface area is 132 Å². The topological polar surface area (TPSA) is 41.6 Å². The molecule has 3 rings (SSSR count). The molecule has 22 heavy (non-hydrogen) atoms. The van der Waals surface area contributed by atoms with Gasteiger partial charge in [0.1, 0.15) is 0 Å². The van der Waals surface area contributed by atoms with Crippen molar-refractivity contribution in [3.63, 3.8) is 0 Å².